The number of carbonyl (C=O) groups excluding carboxylic acids is 1. The van der Waals surface area contributed by atoms with Crippen LogP contribution in [0.2, 0.25) is 0 Å². The number of nitrogens with zero attached hydrogens (tertiary/aromatic N) is 4. The first-order chi connectivity index (χ1) is 19.6. The van der Waals surface area contributed by atoms with Crippen LogP contribution in [0.15, 0.2) is 91.4 Å². The lowest BCUT2D eigenvalue weighted by molar-refractivity contribution is -0.115. The molecule has 0 atom stereocenters. The van der Waals surface area contributed by atoms with Crippen LogP contribution in [0.1, 0.15) is 5.56 Å². The zero-order valence-corrected chi connectivity index (χ0v) is 21.7. The van der Waals surface area contributed by atoms with Gasteiger partial charge in [-0.15, -0.1) is 11.3 Å². The molecule has 7 aromatic rings. The molecule has 0 radical (unpaired) electrons. The molecule has 0 spiro atoms. The highest BCUT2D eigenvalue weighted by atomic mass is 32.1. The third-order valence-corrected chi connectivity index (χ3v) is 7.47. The van der Waals surface area contributed by atoms with Crippen molar-refractivity contribution < 1.29 is 9.18 Å². The quantitative estimate of drug-likeness (QED) is 0.218. The van der Waals surface area contributed by atoms with Gasteiger partial charge in [-0.05, 0) is 48.0 Å². The predicted molar refractivity (Wildman–Crippen MR) is 154 cm³/mol. The lowest BCUT2D eigenvalue weighted by atomic mass is 10.1. The zero-order valence-electron chi connectivity index (χ0n) is 20.9. The van der Waals surface area contributed by atoms with Crippen molar-refractivity contribution in [2.45, 2.75) is 6.42 Å². The normalized spacial score (nSPS) is 11.3. The van der Waals surface area contributed by atoms with E-state index in [1.807, 2.05) is 60.7 Å². The highest BCUT2D eigenvalue weighted by Gasteiger charge is 2.17. The number of amides is 1. The molecule has 6 aromatic heterocycles. The number of aromatic amines is 2. The second kappa shape index (κ2) is 9.83. The van der Waals surface area contributed by atoms with Crippen molar-refractivity contribution in [2.24, 2.45) is 0 Å². The van der Waals surface area contributed by atoms with Crippen molar-refractivity contribution in [3.05, 3.63) is 102 Å². The molecule has 0 fully saturated rings. The summed E-state index contributed by atoms with van der Waals surface area (Å²) in [4.78, 5) is 30.4. The number of carbonyl (C=O) groups is 1. The smallest absolute Gasteiger partial charge is 0.228 e. The maximum atomic E-state index is 13.7. The fraction of sp³-hybridized carbons (Fsp3) is 0.0333. The van der Waals surface area contributed by atoms with Crippen LogP contribution in [0.5, 0.6) is 0 Å². The van der Waals surface area contributed by atoms with Crippen LogP contribution in [0.3, 0.4) is 0 Å². The molecule has 0 unspecified atom stereocenters. The van der Waals surface area contributed by atoms with E-state index < -0.39 is 0 Å². The van der Waals surface area contributed by atoms with E-state index >= 15 is 0 Å². The fourth-order valence-electron chi connectivity index (χ4n) is 4.71. The van der Waals surface area contributed by atoms with Crippen LogP contribution < -0.4 is 5.32 Å². The van der Waals surface area contributed by atoms with E-state index in [4.69, 9.17) is 4.98 Å². The highest BCUT2D eigenvalue weighted by Crippen LogP contribution is 2.35. The van der Waals surface area contributed by atoms with Crippen LogP contribution in [0, 0.1) is 5.13 Å². The number of anilines is 1. The molecule has 40 heavy (non-hydrogen) atoms. The summed E-state index contributed by atoms with van der Waals surface area (Å²) in [6.45, 7) is 0. The third kappa shape index (κ3) is 4.50. The fourth-order valence-corrected chi connectivity index (χ4v) is 5.48. The molecule has 10 heteroatoms. The number of rotatable bonds is 6. The van der Waals surface area contributed by atoms with Gasteiger partial charge in [-0.25, -0.2) is 9.97 Å². The SMILES string of the molecule is O=C(Cc1ccccc1)Nc1cncc(-c2ccc3[nH]nc(-c4cc5c(-c6ccc(F)s6)ccnc5[nH]4)c3n2)c1. The molecular weight excluding hydrogens is 525 g/mol. The molecule has 194 valence electrons. The van der Waals surface area contributed by atoms with Gasteiger partial charge in [-0.3, -0.25) is 14.9 Å². The Morgan fingerprint density at radius 2 is 1.90 bits per heavy atom. The van der Waals surface area contributed by atoms with Crippen LogP contribution >= 0.6 is 11.3 Å². The van der Waals surface area contributed by atoms with Crippen molar-refractivity contribution in [3.8, 4) is 33.1 Å². The van der Waals surface area contributed by atoms with Crippen molar-refractivity contribution >= 4 is 45.0 Å². The van der Waals surface area contributed by atoms with Gasteiger partial charge in [0.2, 0.25) is 5.91 Å². The summed E-state index contributed by atoms with van der Waals surface area (Å²) in [7, 11) is 0. The number of halogens is 1. The Morgan fingerprint density at radius 3 is 2.75 bits per heavy atom. The van der Waals surface area contributed by atoms with Gasteiger partial charge in [0.15, 0.2) is 5.13 Å². The standard InChI is InChI=1S/C30H20FN7OS/c31-26-9-8-25(40-26)20-10-11-33-30-21(20)14-24(36-30)29-28-23(37-38-29)7-6-22(35-28)18-13-19(16-32-15-18)34-27(39)12-17-4-2-1-3-5-17/h1-11,13-16H,12H2,(H,33,36)(H,34,39)(H,37,38). The van der Waals surface area contributed by atoms with Crippen molar-refractivity contribution in [2.75, 3.05) is 5.32 Å². The lowest BCUT2D eigenvalue weighted by Gasteiger charge is -2.07. The molecule has 1 aromatic carbocycles. The molecule has 0 saturated heterocycles. The first kappa shape index (κ1) is 23.9. The van der Waals surface area contributed by atoms with Gasteiger partial charge in [0.25, 0.3) is 0 Å². The van der Waals surface area contributed by atoms with E-state index in [9.17, 15) is 9.18 Å². The lowest BCUT2D eigenvalue weighted by Crippen LogP contribution is -2.14. The van der Waals surface area contributed by atoms with Crippen LogP contribution in [0.4, 0.5) is 10.1 Å². The predicted octanol–water partition coefficient (Wildman–Crippen LogP) is 6.61. The molecule has 6 heterocycles. The highest BCUT2D eigenvalue weighted by molar-refractivity contribution is 7.14. The van der Waals surface area contributed by atoms with E-state index in [2.05, 4.69) is 30.5 Å². The number of H-pyrrole nitrogens is 2. The first-order valence-electron chi connectivity index (χ1n) is 12.5. The molecule has 0 saturated carbocycles. The number of nitrogens with one attached hydrogen (secondary N) is 3. The summed E-state index contributed by atoms with van der Waals surface area (Å²) in [5, 5.41) is 11.1. The second-order valence-electron chi connectivity index (χ2n) is 9.25. The Hall–Kier alpha value is -5.22. The van der Waals surface area contributed by atoms with E-state index in [1.165, 1.54) is 6.07 Å². The molecule has 0 bridgehead atoms. The Balaban J connectivity index is 1.21. The van der Waals surface area contributed by atoms with E-state index in [-0.39, 0.29) is 17.5 Å². The second-order valence-corrected chi connectivity index (χ2v) is 10.3. The topological polar surface area (TPSA) is 112 Å². The Kier molecular flexibility index (Phi) is 5.86. The number of fused-ring (bicyclic) bond motifs is 2. The summed E-state index contributed by atoms with van der Waals surface area (Å²) < 4.78 is 13.7. The first-order valence-corrected chi connectivity index (χ1v) is 13.3. The number of thiophene rings is 1. The minimum atomic E-state index is -0.236. The molecule has 0 aliphatic carbocycles. The molecule has 1 amide bonds. The zero-order chi connectivity index (χ0) is 27.1. The molecular formula is C30H20FN7OS. The van der Waals surface area contributed by atoms with E-state index in [0.29, 0.717) is 28.2 Å². The Morgan fingerprint density at radius 1 is 1.00 bits per heavy atom. The van der Waals surface area contributed by atoms with Gasteiger partial charge >= 0.3 is 0 Å². The summed E-state index contributed by atoms with van der Waals surface area (Å²) in [6, 6.07) is 22.3. The van der Waals surface area contributed by atoms with Crippen LogP contribution in [0.25, 0.3) is 55.2 Å². The van der Waals surface area contributed by atoms with Crippen molar-refractivity contribution in [3.63, 3.8) is 0 Å². The maximum Gasteiger partial charge on any atom is 0.228 e. The van der Waals surface area contributed by atoms with Crippen LogP contribution in [-0.4, -0.2) is 36.0 Å². The Labute approximate surface area is 231 Å². The molecule has 7 rings (SSSR count). The number of pyridine rings is 3. The van der Waals surface area contributed by atoms with Gasteiger partial charge in [0.05, 0.1) is 35.2 Å². The number of hydrogen-bond donors (Lipinski definition) is 3. The summed E-state index contributed by atoms with van der Waals surface area (Å²) in [5.41, 5.74) is 7.36. The van der Waals surface area contributed by atoms with Gasteiger partial charge in [-0.2, -0.15) is 9.49 Å². The van der Waals surface area contributed by atoms with Gasteiger partial charge in [-0.1, -0.05) is 30.3 Å². The molecule has 0 aliphatic heterocycles. The minimum absolute atomic E-state index is 0.122. The van der Waals surface area contributed by atoms with Crippen molar-refractivity contribution in [1.29, 1.82) is 0 Å². The van der Waals surface area contributed by atoms with Crippen molar-refractivity contribution in [1.82, 2.24) is 30.1 Å². The number of hydrogen-bond acceptors (Lipinski definition) is 6. The third-order valence-electron chi connectivity index (χ3n) is 6.56. The Bertz CT molecular complexity index is 2010. The summed E-state index contributed by atoms with van der Waals surface area (Å²) in [5.74, 6) is -0.122. The van der Waals surface area contributed by atoms with Gasteiger partial charge in [0.1, 0.15) is 16.9 Å². The van der Waals surface area contributed by atoms with Gasteiger partial charge < -0.3 is 10.3 Å². The molecule has 0 aliphatic rings. The molecule has 8 nitrogen and oxygen atoms in total. The maximum absolute atomic E-state index is 13.7. The molecule has 3 N–H and O–H groups in total. The van der Waals surface area contributed by atoms with E-state index in [0.717, 1.165) is 49.5 Å². The number of benzene rings is 1. The summed E-state index contributed by atoms with van der Waals surface area (Å²) in [6.07, 6.45) is 5.30. The van der Waals surface area contributed by atoms with Crippen LogP contribution in [-0.2, 0) is 11.2 Å². The largest absolute Gasteiger partial charge is 0.338 e. The van der Waals surface area contributed by atoms with Gasteiger partial charge in [0, 0.05) is 33.8 Å². The van der Waals surface area contributed by atoms with E-state index in [1.54, 1.807) is 24.7 Å². The monoisotopic (exact) mass is 545 g/mol. The average molecular weight is 546 g/mol. The minimum Gasteiger partial charge on any atom is -0.338 e. The number of aromatic nitrogens is 6. The average Bonchev–Trinajstić information content (AvgIpc) is 3.71. The summed E-state index contributed by atoms with van der Waals surface area (Å²) >= 11 is 1.09.